The van der Waals surface area contributed by atoms with Crippen molar-refractivity contribution >= 4 is 29.5 Å². The molecule has 0 unspecified atom stereocenters. The highest BCUT2D eigenvalue weighted by Gasteiger charge is 2.35. The first-order valence-corrected chi connectivity index (χ1v) is 9.81. The molecule has 3 amide bonds. The molecule has 10 heteroatoms. The maximum absolute atomic E-state index is 12.9. The van der Waals surface area contributed by atoms with E-state index in [0.717, 1.165) is 4.90 Å². The zero-order valence-corrected chi connectivity index (χ0v) is 17.9. The number of amides is 3. The predicted molar refractivity (Wildman–Crippen MR) is 110 cm³/mol. The largest absolute Gasteiger partial charge is 0.462 e. The van der Waals surface area contributed by atoms with Crippen molar-refractivity contribution in [3.05, 3.63) is 46.1 Å². The van der Waals surface area contributed by atoms with E-state index in [-0.39, 0.29) is 41.2 Å². The van der Waals surface area contributed by atoms with Gasteiger partial charge in [-0.25, -0.2) is 4.79 Å². The zero-order chi connectivity index (χ0) is 22.7. The molecule has 1 aromatic heterocycles. The molecule has 31 heavy (non-hydrogen) atoms. The second-order valence-electron chi connectivity index (χ2n) is 6.98. The number of aryl methyl sites for hydroxylation is 2. The number of fused-ring (bicyclic) bond motifs is 1. The number of benzene rings is 1. The fourth-order valence-corrected chi connectivity index (χ4v) is 3.43. The van der Waals surface area contributed by atoms with Crippen LogP contribution >= 0.6 is 0 Å². The van der Waals surface area contributed by atoms with Crippen molar-refractivity contribution in [2.75, 3.05) is 32.2 Å². The minimum Gasteiger partial charge on any atom is -0.462 e. The van der Waals surface area contributed by atoms with Gasteiger partial charge in [0.15, 0.2) is 0 Å². The molecule has 1 aliphatic heterocycles. The van der Waals surface area contributed by atoms with Crippen molar-refractivity contribution in [3.63, 3.8) is 0 Å². The minimum atomic E-state index is -0.593. The van der Waals surface area contributed by atoms with Crippen LogP contribution < -0.4 is 5.32 Å². The first-order chi connectivity index (χ1) is 14.8. The van der Waals surface area contributed by atoms with Gasteiger partial charge in [-0.05, 0) is 38.5 Å². The van der Waals surface area contributed by atoms with E-state index in [9.17, 15) is 19.2 Å². The SMILES string of the molecule is CCOC(=O)c1c(C)nn(C)c1NC(=O)c1ccc2c(c1)C(=O)N(CCCOC)C2=O. The fourth-order valence-electron chi connectivity index (χ4n) is 3.43. The van der Waals surface area contributed by atoms with Crippen LogP contribution in [0.5, 0.6) is 0 Å². The normalized spacial score (nSPS) is 12.8. The van der Waals surface area contributed by atoms with Gasteiger partial charge in [-0.3, -0.25) is 24.0 Å². The van der Waals surface area contributed by atoms with Crippen molar-refractivity contribution in [2.45, 2.75) is 20.3 Å². The Morgan fingerprint density at radius 1 is 1.16 bits per heavy atom. The van der Waals surface area contributed by atoms with Crippen molar-refractivity contribution < 1.29 is 28.7 Å². The Hall–Kier alpha value is -3.53. The van der Waals surface area contributed by atoms with Crippen LogP contribution in [0.2, 0.25) is 0 Å². The van der Waals surface area contributed by atoms with Crippen molar-refractivity contribution in [1.82, 2.24) is 14.7 Å². The van der Waals surface area contributed by atoms with Crippen LogP contribution in [0.3, 0.4) is 0 Å². The molecular weight excluding hydrogens is 404 g/mol. The van der Waals surface area contributed by atoms with Gasteiger partial charge in [0.25, 0.3) is 17.7 Å². The monoisotopic (exact) mass is 428 g/mol. The minimum absolute atomic E-state index is 0.162. The number of hydrogen-bond acceptors (Lipinski definition) is 7. The Labute approximate surface area is 179 Å². The number of ether oxygens (including phenoxy) is 2. The van der Waals surface area contributed by atoms with Gasteiger partial charge >= 0.3 is 5.97 Å². The van der Waals surface area contributed by atoms with Crippen molar-refractivity contribution in [2.24, 2.45) is 7.05 Å². The first-order valence-electron chi connectivity index (χ1n) is 9.81. The van der Waals surface area contributed by atoms with E-state index in [1.165, 1.54) is 22.9 Å². The number of imide groups is 1. The summed E-state index contributed by atoms with van der Waals surface area (Å²) >= 11 is 0. The quantitative estimate of drug-likeness (QED) is 0.387. The van der Waals surface area contributed by atoms with Gasteiger partial charge < -0.3 is 14.8 Å². The molecule has 0 saturated carbocycles. The molecule has 0 spiro atoms. The van der Waals surface area contributed by atoms with Gasteiger partial charge in [-0.2, -0.15) is 5.10 Å². The number of anilines is 1. The summed E-state index contributed by atoms with van der Waals surface area (Å²) in [5.74, 6) is -1.80. The van der Waals surface area contributed by atoms with Gasteiger partial charge in [-0.15, -0.1) is 0 Å². The summed E-state index contributed by atoms with van der Waals surface area (Å²) in [5.41, 5.74) is 1.17. The van der Waals surface area contributed by atoms with Crippen LogP contribution in [0.4, 0.5) is 5.82 Å². The van der Waals surface area contributed by atoms with Crippen LogP contribution in [-0.4, -0.2) is 65.2 Å². The van der Waals surface area contributed by atoms with E-state index in [0.29, 0.717) is 18.7 Å². The van der Waals surface area contributed by atoms with E-state index in [1.54, 1.807) is 28.0 Å². The number of methoxy groups -OCH3 is 1. The van der Waals surface area contributed by atoms with E-state index in [2.05, 4.69) is 10.4 Å². The number of nitrogens with zero attached hydrogens (tertiary/aromatic N) is 3. The third-order valence-corrected chi connectivity index (χ3v) is 4.90. The van der Waals surface area contributed by atoms with Crippen LogP contribution in [0.1, 0.15) is 60.5 Å². The number of nitrogens with one attached hydrogen (secondary N) is 1. The average Bonchev–Trinajstić information content (AvgIpc) is 3.15. The van der Waals surface area contributed by atoms with E-state index in [1.807, 2.05) is 0 Å². The molecule has 0 atom stereocenters. The number of hydrogen-bond donors (Lipinski definition) is 1. The second kappa shape index (κ2) is 9.09. The summed E-state index contributed by atoms with van der Waals surface area (Å²) in [6, 6.07) is 4.31. The van der Waals surface area contributed by atoms with Crippen LogP contribution in [0, 0.1) is 6.92 Å². The van der Waals surface area contributed by atoms with Crippen molar-refractivity contribution in [1.29, 1.82) is 0 Å². The summed E-state index contributed by atoms with van der Waals surface area (Å²) in [6.45, 7) is 4.16. The lowest BCUT2D eigenvalue weighted by atomic mass is 10.1. The van der Waals surface area contributed by atoms with Crippen molar-refractivity contribution in [3.8, 4) is 0 Å². The molecule has 1 N–H and O–H groups in total. The number of aromatic nitrogens is 2. The lowest BCUT2D eigenvalue weighted by Crippen LogP contribution is -2.31. The van der Waals surface area contributed by atoms with Gasteiger partial charge in [0.1, 0.15) is 11.4 Å². The standard InChI is InChI=1S/C21H24N4O6/c1-5-31-21(29)16-12(2)23-24(3)17(16)22-18(26)13-7-8-14-15(11-13)20(28)25(19(14)27)9-6-10-30-4/h7-8,11H,5-6,9-10H2,1-4H3,(H,22,26). The van der Waals surface area contributed by atoms with Gasteiger partial charge in [0, 0.05) is 32.9 Å². The number of carbonyl (C=O) groups is 4. The molecular formula is C21H24N4O6. The molecule has 2 heterocycles. The number of rotatable bonds is 8. The van der Waals surface area contributed by atoms with Gasteiger partial charge in [0.05, 0.1) is 23.4 Å². The van der Waals surface area contributed by atoms with Gasteiger partial charge in [-0.1, -0.05) is 0 Å². The molecule has 2 aromatic rings. The molecule has 0 bridgehead atoms. The molecule has 164 valence electrons. The maximum Gasteiger partial charge on any atom is 0.343 e. The molecule has 0 fully saturated rings. The second-order valence-corrected chi connectivity index (χ2v) is 6.98. The molecule has 0 saturated heterocycles. The highest BCUT2D eigenvalue weighted by molar-refractivity contribution is 6.22. The molecule has 0 aliphatic carbocycles. The van der Waals surface area contributed by atoms with E-state index in [4.69, 9.17) is 9.47 Å². The third kappa shape index (κ3) is 4.19. The fraction of sp³-hybridized carbons (Fsp3) is 0.381. The third-order valence-electron chi connectivity index (χ3n) is 4.90. The first kappa shape index (κ1) is 22.2. The van der Waals surface area contributed by atoms with E-state index < -0.39 is 23.7 Å². The smallest absolute Gasteiger partial charge is 0.343 e. The average molecular weight is 428 g/mol. The predicted octanol–water partition coefficient (Wildman–Crippen LogP) is 1.79. The lowest BCUT2D eigenvalue weighted by Gasteiger charge is -2.12. The molecule has 3 rings (SSSR count). The summed E-state index contributed by atoms with van der Waals surface area (Å²) in [5, 5.41) is 6.83. The Bertz CT molecular complexity index is 1060. The number of esters is 1. The molecule has 0 radical (unpaired) electrons. The highest BCUT2D eigenvalue weighted by Crippen LogP contribution is 2.26. The maximum atomic E-state index is 12.9. The molecule has 10 nitrogen and oxygen atoms in total. The molecule has 1 aliphatic rings. The Balaban J connectivity index is 1.84. The summed E-state index contributed by atoms with van der Waals surface area (Å²) in [7, 11) is 3.14. The zero-order valence-electron chi connectivity index (χ0n) is 17.9. The summed E-state index contributed by atoms with van der Waals surface area (Å²) in [6.07, 6.45) is 0.520. The Kier molecular flexibility index (Phi) is 6.50. The molecule has 1 aromatic carbocycles. The van der Waals surface area contributed by atoms with Crippen LogP contribution in [0.25, 0.3) is 0 Å². The Morgan fingerprint density at radius 2 is 1.87 bits per heavy atom. The highest BCUT2D eigenvalue weighted by atomic mass is 16.5. The lowest BCUT2D eigenvalue weighted by molar-refractivity contribution is 0.0525. The van der Waals surface area contributed by atoms with E-state index >= 15 is 0 Å². The summed E-state index contributed by atoms with van der Waals surface area (Å²) in [4.78, 5) is 51.4. The Morgan fingerprint density at radius 3 is 2.55 bits per heavy atom. The summed E-state index contributed by atoms with van der Waals surface area (Å²) < 4.78 is 11.4. The topological polar surface area (TPSA) is 120 Å². The van der Waals surface area contributed by atoms with Crippen LogP contribution in [-0.2, 0) is 16.5 Å². The van der Waals surface area contributed by atoms with Crippen LogP contribution in [0.15, 0.2) is 18.2 Å². The van der Waals surface area contributed by atoms with Gasteiger partial charge in [0.2, 0.25) is 0 Å². The number of carbonyl (C=O) groups excluding carboxylic acids is 4.